The van der Waals surface area contributed by atoms with Crippen LogP contribution in [0.15, 0.2) is 164 Å². The van der Waals surface area contributed by atoms with Crippen LogP contribution in [0, 0.1) is 0 Å². The molecule has 0 saturated carbocycles. The second-order valence-corrected chi connectivity index (χ2v) is 11.8. The number of rotatable bonds is 7. The smallest absolute Gasteiger partial charge is 0.0973 e. The Morgan fingerprint density at radius 2 is 0.636 bits per heavy atom. The van der Waals surface area contributed by atoms with Crippen molar-refractivity contribution in [1.82, 2.24) is 9.97 Å². The van der Waals surface area contributed by atoms with Gasteiger partial charge in [0.05, 0.1) is 22.8 Å². The normalized spacial score (nSPS) is 11.2. The van der Waals surface area contributed by atoms with E-state index in [2.05, 4.69) is 152 Å². The van der Waals surface area contributed by atoms with Crippen LogP contribution in [0.2, 0.25) is 0 Å². The van der Waals surface area contributed by atoms with Gasteiger partial charge >= 0.3 is 0 Å². The zero-order valence-corrected chi connectivity index (χ0v) is 25.5. The van der Waals surface area contributed by atoms with E-state index < -0.39 is 0 Å². The van der Waals surface area contributed by atoms with Gasteiger partial charge in [-0.3, -0.25) is 0 Å². The van der Waals surface area contributed by atoms with E-state index in [-0.39, 0.29) is 0 Å². The van der Waals surface area contributed by atoms with Crippen LogP contribution in [-0.2, 0) is 0 Å². The van der Waals surface area contributed by atoms with Gasteiger partial charge in [-0.25, -0.2) is 9.97 Å². The van der Waals surface area contributed by atoms with Crippen molar-refractivity contribution in [2.24, 2.45) is 0 Å². The molecule has 1 atom stereocenters. The van der Waals surface area contributed by atoms with E-state index >= 15 is 0 Å². The van der Waals surface area contributed by atoms with Crippen molar-refractivity contribution in [3.63, 3.8) is 0 Å². The molecule has 44 heavy (non-hydrogen) atoms. The van der Waals surface area contributed by atoms with Gasteiger partial charge in [0.2, 0.25) is 0 Å². The maximum atomic E-state index is 5.37. The van der Waals surface area contributed by atoms with Crippen LogP contribution >= 0.6 is 8.58 Å². The highest BCUT2D eigenvalue weighted by atomic mass is 31.1. The highest BCUT2D eigenvalue weighted by molar-refractivity contribution is 7.46. The standard InChI is InChI=1S/C41H31N2P/c1-44-37-19-11-18-36(28-37)31-22-20-29(21-23-31)30-24-26-35(27-25-30)41-40(34-16-9-4-10-17-34)42-38(32-12-5-2-6-13-32)39(43-41)33-14-7-3-8-15-33/h2-28,44H,1H3. The largest absolute Gasteiger partial charge is 0.243 e. The monoisotopic (exact) mass is 582 g/mol. The fourth-order valence-electron chi connectivity index (χ4n) is 5.56. The molecule has 0 bridgehead atoms. The molecule has 210 valence electrons. The summed E-state index contributed by atoms with van der Waals surface area (Å²) >= 11 is 0. The molecule has 2 nitrogen and oxygen atoms in total. The Morgan fingerprint density at radius 3 is 1.02 bits per heavy atom. The lowest BCUT2D eigenvalue weighted by Gasteiger charge is -2.16. The number of benzene rings is 6. The molecule has 0 fully saturated rings. The Hall–Kier alpha value is -5.17. The average Bonchev–Trinajstić information content (AvgIpc) is 3.12. The predicted octanol–water partition coefficient (Wildman–Crippen LogP) is 10.4. The topological polar surface area (TPSA) is 25.8 Å². The highest BCUT2D eigenvalue weighted by Gasteiger charge is 2.19. The molecular formula is C41H31N2P. The predicted molar refractivity (Wildman–Crippen MR) is 189 cm³/mol. The lowest BCUT2D eigenvalue weighted by Crippen LogP contribution is -2.00. The second kappa shape index (κ2) is 12.6. The summed E-state index contributed by atoms with van der Waals surface area (Å²) < 4.78 is 0. The Morgan fingerprint density at radius 1 is 0.318 bits per heavy atom. The van der Waals surface area contributed by atoms with Gasteiger partial charge in [0, 0.05) is 22.3 Å². The maximum absolute atomic E-state index is 5.37. The van der Waals surface area contributed by atoms with E-state index in [1.165, 1.54) is 27.6 Å². The van der Waals surface area contributed by atoms with Crippen molar-refractivity contribution < 1.29 is 0 Å². The molecule has 0 aliphatic rings. The van der Waals surface area contributed by atoms with Gasteiger partial charge in [-0.05, 0) is 40.3 Å². The number of hydrogen-bond donors (Lipinski definition) is 0. The number of hydrogen-bond acceptors (Lipinski definition) is 2. The van der Waals surface area contributed by atoms with Crippen molar-refractivity contribution in [1.29, 1.82) is 0 Å². The molecule has 0 amide bonds. The molecule has 7 aromatic rings. The van der Waals surface area contributed by atoms with E-state index in [0.717, 1.165) is 53.6 Å². The van der Waals surface area contributed by atoms with Gasteiger partial charge in [-0.15, -0.1) is 0 Å². The van der Waals surface area contributed by atoms with Crippen LogP contribution in [0.1, 0.15) is 0 Å². The Kier molecular flexibility index (Phi) is 7.91. The molecule has 1 heterocycles. The quantitative estimate of drug-likeness (QED) is 0.175. The van der Waals surface area contributed by atoms with E-state index in [9.17, 15) is 0 Å². The first-order valence-corrected chi connectivity index (χ1v) is 16.3. The summed E-state index contributed by atoms with van der Waals surface area (Å²) in [6, 6.07) is 57.4. The van der Waals surface area contributed by atoms with Crippen LogP contribution in [0.4, 0.5) is 0 Å². The molecule has 0 saturated heterocycles. The summed E-state index contributed by atoms with van der Waals surface area (Å²) in [4.78, 5) is 10.7. The molecule has 1 unspecified atom stereocenters. The molecule has 3 heteroatoms. The average molecular weight is 583 g/mol. The lowest BCUT2D eigenvalue weighted by atomic mass is 9.97. The molecule has 0 aliphatic carbocycles. The maximum Gasteiger partial charge on any atom is 0.0973 e. The molecule has 0 aliphatic heterocycles. The van der Waals surface area contributed by atoms with E-state index in [1.807, 2.05) is 18.2 Å². The van der Waals surface area contributed by atoms with Crippen LogP contribution in [0.25, 0.3) is 67.3 Å². The Bertz CT molecular complexity index is 2000. The van der Waals surface area contributed by atoms with E-state index in [1.54, 1.807) is 0 Å². The van der Waals surface area contributed by atoms with Crippen LogP contribution < -0.4 is 5.30 Å². The third-order valence-corrected chi connectivity index (χ3v) is 8.79. The molecule has 1 aromatic heterocycles. The first-order valence-electron chi connectivity index (χ1n) is 14.8. The summed E-state index contributed by atoms with van der Waals surface area (Å²) in [7, 11) is 0.796. The fraction of sp³-hybridized carbons (Fsp3) is 0.0244. The minimum Gasteiger partial charge on any atom is -0.243 e. The summed E-state index contributed by atoms with van der Waals surface area (Å²) in [6.45, 7) is 2.22. The molecular weight excluding hydrogens is 551 g/mol. The minimum atomic E-state index is 0.796. The minimum absolute atomic E-state index is 0.796. The highest BCUT2D eigenvalue weighted by Crippen LogP contribution is 2.37. The van der Waals surface area contributed by atoms with Crippen molar-refractivity contribution in [2.75, 3.05) is 6.66 Å². The summed E-state index contributed by atoms with van der Waals surface area (Å²) in [6.07, 6.45) is 0. The van der Waals surface area contributed by atoms with Gasteiger partial charge < -0.3 is 0 Å². The summed E-state index contributed by atoms with van der Waals surface area (Å²) in [5, 5.41) is 1.38. The first kappa shape index (κ1) is 27.7. The SMILES string of the molecule is CPc1cccc(-c2ccc(-c3ccc(-c4nc(-c5ccccc5)c(-c5ccccc5)nc4-c4ccccc4)cc3)cc2)c1. The zero-order chi connectivity index (χ0) is 29.7. The zero-order valence-electron chi connectivity index (χ0n) is 24.5. The van der Waals surface area contributed by atoms with Gasteiger partial charge in [0.1, 0.15) is 0 Å². The third kappa shape index (κ3) is 5.73. The summed E-state index contributed by atoms with van der Waals surface area (Å²) in [5.41, 5.74) is 12.5. The first-order chi connectivity index (χ1) is 21.8. The Labute approximate surface area is 260 Å². The van der Waals surface area contributed by atoms with Crippen LogP contribution in [0.5, 0.6) is 0 Å². The van der Waals surface area contributed by atoms with E-state index in [0.29, 0.717) is 0 Å². The van der Waals surface area contributed by atoms with E-state index in [4.69, 9.17) is 9.97 Å². The lowest BCUT2D eigenvalue weighted by molar-refractivity contribution is 1.21. The van der Waals surface area contributed by atoms with Gasteiger partial charge in [-0.1, -0.05) is 166 Å². The summed E-state index contributed by atoms with van der Waals surface area (Å²) in [5.74, 6) is 0. The molecule has 0 radical (unpaired) electrons. The third-order valence-electron chi connectivity index (χ3n) is 7.90. The van der Waals surface area contributed by atoms with Gasteiger partial charge in [-0.2, -0.15) is 0 Å². The molecule has 6 aromatic carbocycles. The molecule has 0 spiro atoms. The van der Waals surface area contributed by atoms with Crippen LogP contribution in [-0.4, -0.2) is 16.6 Å². The van der Waals surface area contributed by atoms with Gasteiger partial charge in [0.15, 0.2) is 0 Å². The van der Waals surface area contributed by atoms with Crippen molar-refractivity contribution in [3.8, 4) is 67.3 Å². The number of aromatic nitrogens is 2. The number of nitrogens with zero attached hydrogens (tertiary/aromatic N) is 2. The van der Waals surface area contributed by atoms with Crippen LogP contribution in [0.3, 0.4) is 0 Å². The van der Waals surface area contributed by atoms with Crippen molar-refractivity contribution in [3.05, 3.63) is 164 Å². The second-order valence-electron chi connectivity index (χ2n) is 10.7. The Balaban J connectivity index is 1.31. The van der Waals surface area contributed by atoms with Crippen molar-refractivity contribution in [2.45, 2.75) is 0 Å². The van der Waals surface area contributed by atoms with Crippen molar-refractivity contribution >= 4 is 13.9 Å². The molecule has 7 rings (SSSR count). The van der Waals surface area contributed by atoms with Gasteiger partial charge in [0.25, 0.3) is 0 Å². The molecule has 0 N–H and O–H groups in total. The fourth-order valence-corrected chi connectivity index (χ4v) is 6.12.